The number of anilines is 1. The minimum atomic E-state index is -3.88. The lowest BCUT2D eigenvalue weighted by atomic mass is 10.2. The van der Waals surface area contributed by atoms with Crippen molar-refractivity contribution in [1.29, 1.82) is 0 Å². The van der Waals surface area contributed by atoms with E-state index in [4.69, 9.17) is 14.6 Å². The summed E-state index contributed by atoms with van der Waals surface area (Å²) in [4.78, 5) is 12.5. The van der Waals surface area contributed by atoms with E-state index in [1.165, 1.54) is 53.9 Å². The molecule has 162 valence electrons. The first-order valence-electron chi connectivity index (χ1n) is 8.83. The number of rotatable bonds is 6. The van der Waals surface area contributed by atoms with E-state index in [-0.39, 0.29) is 39.9 Å². The molecule has 2 aromatic rings. The first kappa shape index (κ1) is 22.2. The van der Waals surface area contributed by atoms with Crippen LogP contribution in [0.4, 0.5) is 5.69 Å². The fourth-order valence-electron chi connectivity index (χ4n) is 2.87. The molecule has 1 amide bonds. The molecule has 1 aliphatic heterocycles. The van der Waals surface area contributed by atoms with Gasteiger partial charge in [0.15, 0.2) is 0 Å². The second-order valence-electron chi connectivity index (χ2n) is 6.40. The Kier molecular flexibility index (Phi) is 6.43. The van der Waals surface area contributed by atoms with Crippen molar-refractivity contribution in [3.05, 3.63) is 48.0 Å². The molecule has 0 atom stereocenters. The fraction of sp³-hybridized carbons (Fsp3) is 0.278. The summed E-state index contributed by atoms with van der Waals surface area (Å²) >= 11 is 0. The molecule has 1 saturated heterocycles. The van der Waals surface area contributed by atoms with Gasteiger partial charge in [0.1, 0.15) is 5.75 Å². The van der Waals surface area contributed by atoms with Gasteiger partial charge in [-0.05, 0) is 42.5 Å². The van der Waals surface area contributed by atoms with Gasteiger partial charge in [-0.15, -0.1) is 0 Å². The van der Waals surface area contributed by atoms with Crippen molar-refractivity contribution in [2.45, 2.75) is 9.79 Å². The Hall–Kier alpha value is -2.51. The molecule has 10 nitrogen and oxygen atoms in total. The van der Waals surface area contributed by atoms with Crippen molar-refractivity contribution in [2.24, 2.45) is 5.14 Å². The number of methoxy groups -OCH3 is 1. The molecule has 0 aliphatic carbocycles. The lowest BCUT2D eigenvalue weighted by molar-refractivity contribution is 0.0730. The van der Waals surface area contributed by atoms with Gasteiger partial charge in [0.2, 0.25) is 20.0 Å². The number of sulfonamides is 2. The van der Waals surface area contributed by atoms with Crippen LogP contribution < -0.4 is 15.2 Å². The fourth-order valence-corrected chi connectivity index (χ4v) is 4.82. The standard InChI is InChI=1S/C18H21N3O7S2/c1-27-17-7-6-15(30(25,26)21-8-10-28-11-9-21)12-16(17)20-18(22)13-2-4-14(5-3-13)29(19,23)24/h2-7,12H,8-11H2,1H3,(H,20,22)(H2,19,23,24). The van der Waals surface area contributed by atoms with Crippen LogP contribution in [0.3, 0.4) is 0 Å². The normalized spacial score (nSPS) is 15.5. The van der Waals surface area contributed by atoms with E-state index in [1.807, 2.05) is 0 Å². The highest BCUT2D eigenvalue weighted by Crippen LogP contribution is 2.29. The Labute approximate surface area is 174 Å². The highest BCUT2D eigenvalue weighted by atomic mass is 32.2. The van der Waals surface area contributed by atoms with Gasteiger partial charge in [-0.2, -0.15) is 4.31 Å². The van der Waals surface area contributed by atoms with Crippen LogP contribution in [0.25, 0.3) is 0 Å². The van der Waals surface area contributed by atoms with Gasteiger partial charge in [-0.25, -0.2) is 22.0 Å². The Morgan fingerprint density at radius 2 is 1.63 bits per heavy atom. The highest BCUT2D eigenvalue weighted by Gasteiger charge is 2.27. The molecule has 0 spiro atoms. The number of benzene rings is 2. The summed E-state index contributed by atoms with van der Waals surface area (Å²) in [6.07, 6.45) is 0. The molecule has 0 bridgehead atoms. The lowest BCUT2D eigenvalue weighted by Crippen LogP contribution is -2.40. The number of morpholine rings is 1. The van der Waals surface area contributed by atoms with E-state index in [1.54, 1.807) is 0 Å². The monoisotopic (exact) mass is 455 g/mol. The number of carbonyl (C=O) groups excluding carboxylic acids is 1. The zero-order valence-electron chi connectivity index (χ0n) is 16.1. The molecule has 30 heavy (non-hydrogen) atoms. The van der Waals surface area contributed by atoms with Crippen LogP contribution in [-0.2, 0) is 24.8 Å². The van der Waals surface area contributed by atoms with Gasteiger partial charge in [-0.1, -0.05) is 0 Å². The summed E-state index contributed by atoms with van der Waals surface area (Å²) in [6.45, 7) is 1.11. The molecule has 1 heterocycles. The van der Waals surface area contributed by atoms with E-state index >= 15 is 0 Å². The summed E-state index contributed by atoms with van der Waals surface area (Å²) in [5.41, 5.74) is 0.318. The van der Waals surface area contributed by atoms with Crippen LogP contribution in [0.15, 0.2) is 52.3 Å². The summed E-state index contributed by atoms with van der Waals surface area (Å²) in [5.74, 6) is -0.305. The van der Waals surface area contributed by atoms with Crippen LogP contribution in [0, 0.1) is 0 Å². The van der Waals surface area contributed by atoms with Gasteiger partial charge in [0, 0.05) is 18.7 Å². The van der Waals surface area contributed by atoms with E-state index in [9.17, 15) is 21.6 Å². The van der Waals surface area contributed by atoms with Crippen LogP contribution >= 0.6 is 0 Å². The molecule has 1 aliphatic rings. The summed E-state index contributed by atoms with van der Waals surface area (Å²) in [5, 5.41) is 7.65. The zero-order chi connectivity index (χ0) is 21.9. The number of nitrogens with zero attached hydrogens (tertiary/aromatic N) is 1. The van der Waals surface area contributed by atoms with E-state index in [0.29, 0.717) is 13.2 Å². The maximum atomic E-state index is 12.9. The second-order valence-corrected chi connectivity index (χ2v) is 9.90. The number of nitrogens with one attached hydrogen (secondary N) is 1. The van der Waals surface area contributed by atoms with E-state index in [0.717, 1.165) is 0 Å². The lowest BCUT2D eigenvalue weighted by Gasteiger charge is -2.26. The van der Waals surface area contributed by atoms with Gasteiger partial charge in [0.25, 0.3) is 5.91 Å². The Morgan fingerprint density at radius 3 is 2.20 bits per heavy atom. The number of carbonyl (C=O) groups is 1. The maximum Gasteiger partial charge on any atom is 0.255 e. The van der Waals surface area contributed by atoms with Crippen molar-refractivity contribution >= 4 is 31.6 Å². The van der Waals surface area contributed by atoms with Gasteiger partial charge in [-0.3, -0.25) is 4.79 Å². The number of hydrogen-bond donors (Lipinski definition) is 2. The molecule has 3 rings (SSSR count). The minimum absolute atomic E-state index is 0.00470. The SMILES string of the molecule is COc1ccc(S(=O)(=O)N2CCOCC2)cc1NC(=O)c1ccc(S(N)(=O)=O)cc1. The zero-order valence-corrected chi connectivity index (χ0v) is 17.7. The highest BCUT2D eigenvalue weighted by molar-refractivity contribution is 7.89. The molecule has 1 fully saturated rings. The molecule has 0 aromatic heterocycles. The molecular formula is C18H21N3O7S2. The number of nitrogens with two attached hydrogens (primary N) is 1. The predicted octanol–water partition coefficient (Wildman–Crippen LogP) is 0.616. The Balaban J connectivity index is 1.88. The van der Waals surface area contributed by atoms with Crippen molar-refractivity contribution < 1.29 is 31.1 Å². The summed E-state index contributed by atoms with van der Waals surface area (Å²) in [7, 11) is -6.25. The third kappa shape index (κ3) is 4.79. The molecular weight excluding hydrogens is 434 g/mol. The topological polar surface area (TPSA) is 145 Å². The smallest absolute Gasteiger partial charge is 0.255 e. The van der Waals surface area contributed by atoms with Gasteiger partial charge >= 0.3 is 0 Å². The van der Waals surface area contributed by atoms with Crippen molar-refractivity contribution in [3.63, 3.8) is 0 Å². The van der Waals surface area contributed by atoms with Crippen molar-refractivity contribution in [1.82, 2.24) is 4.31 Å². The molecule has 2 aromatic carbocycles. The summed E-state index contributed by atoms with van der Waals surface area (Å²) < 4.78 is 60.2. The average Bonchev–Trinajstić information content (AvgIpc) is 2.73. The van der Waals surface area contributed by atoms with Crippen LogP contribution in [0.5, 0.6) is 5.75 Å². The largest absolute Gasteiger partial charge is 0.495 e. The van der Waals surface area contributed by atoms with Crippen molar-refractivity contribution in [2.75, 3.05) is 38.7 Å². The van der Waals surface area contributed by atoms with Gasteiger partial charge in [0.05, 0.1) is 35.8 Å². The van der Waals surface area contributed by atoms with Crippen LogP contribution in [0.2, 0.25) is 0 Å². The number of hydrogen-bond acceptors (Lipinski definition) is 7. The van der Waals surface area contributed by atoms with Crippen LogP contribution in [0.1, 0.15) is 10.4 Å². The summed E-state index contributed by atoms with van der Waals surface area (Å²) in [6, 6.07) is 9.20. The number of amides is 1. The van der Waals surface area contributed by atoms with E-state index < -0.39 is 26.0 Å². The minimum Gasteiger partial charge on any atom is -0.495 e. The molecule has 3 N–H and O–H groups in total. The van der Waals surface area contributed by atoms with Crippen LogP contribution in [-0.4, -0.2) is 60.5 Å². The third-order valence-electron chi connectivity index (χ3n) is 4.47. The maximum absolute atomic E-state index is 12.9. The molecule has 12 heteroatoms. The van der Waals surface area contributed by atoms with Crippen molar-refractivity contribution in [3.8, 4) is 5.75 Å². The number of ether oxygens (including phenoxy) is 2. The Morgan fingerprint density at radius 1 is 1.03 bits per heavy atom. The number of primary sulfonamides is 1. The third-order valence-corrected chi connectivity index (χ3v) is 7.30. The average molecular weight is 456 g/mol. The second kappa shape index (κ2) is 8.70. The van der Waals surface area contributed by atoms with Gasteiger partial charge < -0.3 is 14.8 Å². The molecule has 0 unspecified atom stereocenters. The molecule has 0 saturated carbocycles. The predicted molar refractivity (Wildman–Crippen MR) is 108 cm³/mol. The first-order chi connectivity index (χ1) is 14.1. The van der Waals surface area contributed by atoms with E-state index in [2.05, 4.69) is 5.32 Å². The first-order valence-corrected chi connectivity index (χ1v) is 11.8. The quantitative estimate of drug-likeness (QED) is 0.649. The Bertz CT molecular complexity index is 1140. The molecule has 0 radical (unpaired) electrons.